The third kappa shape index (κ3) is 3.37. The summed E-state index contributed by atoms with van der Waals surface area (Å²) in [5.74, 6) is 1.49. The molecule has 0 spiro atoms. The monoisotopic (exact) mass is 251 g/mol. The zero-order valence-corrected chi connectivity index (χ0v) is 10.8. The summed E-state index contributed by atoms with van der Waals surface area (Å²) < 4.78 is 10.9. The van der Waals surface area contributed by atoms with Gasteiger partial charge in [0.15, 0.2) is 11.5 Å². The molecular weight excluding hydrogens is 230 g/mol. The van der Waals surface area contributed by atoms with Crippen molar-refractivity contribution in [1.29, 1.82) is 0 Å². The van der Waals surface area contributed by atoms with Crippen LogP contribution in [0.4, 0.5) is 0 Å². The van der Waals surface area contributed by atoms with Gasteiger partial charge in [-0.2, -0.15) is 0 Å². The normalized spacial score (nSPS) is 15.4. The van der Waals surface area contributed by atoms with Crippen molar-refractivity contribution in [2.24, 2.45) is 0 Å². The van der Waals surface area contributed by atoms with Crippen LogP contribution < -0.4 is 14.8 Å². The van der Waals surface area contributed by atoms with E-state index in [2.05, 4.69) is 12.2 Å². The highest BCUT2D eigenvalue weighted by atomic mass is 16.6. The predicted octanol–water partition coefficient (Wildman–Crippen LogP) is 1.88. The highest BCUT2D eigenvalue weighted by Crippen LogP contribution is 2.32. The quantitative estimate of drug-likeness (QED) is 0.758. The molecule has 4 heteroatoms. The Morgan fingerprint density at radius 2 is 2.06 bits per heavy atom. The molecule has 1 unspecified atom stereocenters. The van der Waals surface area contributed by atoms with Crippen molar-refractivity contribution in [2.75, 3.05) is 26.3 Å². The largest absolute Gasteiger partial charge is 0.486 e. The van der Waals surface area contributed by atoms with Gasteiger partial charge < -0.3 is 19.9 Å². The number of unbranched alkanes of at least 4 members (excludes halogenated alkanes) is 1. The fourth-order valence-electron chi connectivity index (χ4n) is 1.93. The number of ether oxygens (including phenoxy) is 2. The smallest absolute Gasteiger partial charge is 0.161 e. The van der Waals surface area contributed by atoms with Crippen LogP contribution in [-0.4, -0.2) is 31.4 Å². The lowest BCUT2D eigenvalue weighted by atomic mass is 10.1. The van der Waals surface area contributed by atoms with Crippen molar-refractivity contribution < 1.29 is 14.6 Å². The molecule has 100 valence electrons. The van der Waals surface area contributed by atoms with Crippen molar-refractivity contribution in [3.63, 3.8) is 0 Å². The Morgan fingerprint density at radius 3 is 2.83 bits per heavy atom. The fraction of sp³-hybridized carbons (Fsp3) is 0.571. The first-order valence-corrected chi connectivity index (χ1v) is 6.59. The van der Waals surface area contributed by atoms with Gasteiger partial charge in [0.1, 0.15) is 13.2 Å². The van der Waals surface area contributed by atoms with Gasteiger partial charge in [-0.1, -0.05) is 19.4 Å². The summed E-state index contributed by atoms with van der Waals surface area (Å²) in [6.07, 6.45) is 1.79. The summed E-state index contributed by atoms with van der Waals surface area (Å²) in [7, 11) is 0. The summed E-state index contributed by atoms with van der Waals surface area (Å²) in [4.78, 5) is 0. The molecule has 1 aromatic rings. The average molecular weight is 251 g/mol. The highest BCUT2D eigenvalue weighted by Gasteiger charge is 2.14. The van der Waals surface area contributed by atoms with Crippen LogP contribution in [0.5, 0.6) is 11.5 Å². The fourth-order valence-corrected chi connectivity index (χ4v) is 1.93. The minimum atomic E-state index is -0.502. The second kappa shape index (κ2) is 6.61. The second-order valence-electron chi connectivity index (χ2n) is 4.48. The molecular formula is C14H21NO3. The van der Waals surface area contributed by atoms with Crippen LogP contribution >= 0.6 is 0 Å². The molecule has 0 fully saturated rings. The molecule has 1 heterocycles. The first kappa shape index (κ1) is 13.2. The minimum Gasteiger partial charge on any atom is -0.486 e. The molecule has 4 nitrogen and oxygen atoms in total. The third-order valence-electron chi connectivity index (χ3n) is 3.00. The molecule has 0 radical (unpaired) electrons. The van der Waals surface area contributed by atoms with Gasteiger partial charge in [-0.05, 0) is 30.7 Å². The van der Waals surface area contributed by atoms with E-state index in [1.807, 2.05) is 18.2 Å². The van der Waals surface area contributed by atoms with Gasteiger partial charge in [0.25, 0.3) is 0 Å². The van der Waals surface area contributed by atoms with Crippen LogP contribution in [0, 0.1) is 0 Å². The molecule has 1 aliphatic heterocycles. The Kier molecular flexibility index (Phi) is 4.84. The Hall–Kier alpha value is -1.26. The minimum absolute atomic E-state index is 0.502. The Labute approximate surface area is 108 Å². The molecule has 1 aromatic carbocycles. The maximum Gasteiger partial charge on any atom is 0.161 e. The Balaban J connectivity index is 1.91. The van der Waals surface area contributed by atoms with Crippen LogP contribution in [0.2, 0.25) is 0 Å². The maximum absolute atomic E-state index is 10.1. The third-order valence-corrected chi connectivity index (χ3v) is 3.00. The van der Waals surface area contributed by atoms with Gasteiger partial charge in [0, 0.05) is 6.54 Å². The summed E-state index contributed by atoms with van der Waals surface area (Å²) in [5.41, 5.74) is 0.864. The van der Waals surface area contributed by atoms with Gasteiger partial charge in [0.2, 0.25) is 0 Å². The van der Waals surface area contributed by atoms with E-state index in [1.165, 1.54) is 0 Å². The summed E-state index contributed by atoms with van der Waals surface area (Å²) in [6, 6.07) is 5.61. The number of hydrogen-bond donors (Lipinski definition) is 2. The Bertz CT molecular complexity index is 381. The lowest BCUT2D eigenvalue weighted by Gasteiger charge is -2.20. The maximum atomic E-state index is 10.1. The second-order valence-corrected chi connectivity index (χ2v) is 4.48. The topological polar surface area (TPSA) is 50.7 Å². The van der Waals surface area contributed by atoms with Crippen LogP contribution in [0.3, 0.4) is 0 Å². The van der Waals surface area contributed by atoms with Crippen LogP contribution in [0.15, 0.2) is 18.2 Å². The van der Waals surface area contributed by atoms with Crippen molar-refractivity contribution in [2.45, 2.75) is 25.9 Å². The number of aliphatic hydroxyl groups is 1. The van der Waals surface area contributed by atoms with E-state index in [4.69, 9.17) is 9.47 Å². The van der Waals surface area contributed by atoms with E-state index in [9.17, 15) is 5.11 Å². The number of hydrogen-bond acceptors (Lipinski definition) is 4. The SMILES string of the molecule is CCCCNCC(O)c1ccc2c(c1)OCCO2. The molecule has 0 bridgehead atoms. The van der Waals surface area contributed by atoms with E-state index in [0.717, 1.165) is 36.4 Å². The van der Waals surface area contributed by atoms with E-state index in [1.54, 1.807) is 0 Å². The lowest BCUT2D eigenvalue weighted by Crippen LogP contribution is -2.22. The first-order chi connectivity index (χ1) is 8.81. The van der Waals surface area contributed by atoms with Gasteiger partial charge in [-0.25, -0.2) is 0 Å². The molecule has 2 N–H and O–H groups in total. The lowest BCUT2D eigenvalue weighted by molar-refractivity contribution is 0.163. The molecule has 1 atom stereocenters. The molecule has 0 saturated heterocycles. The van der Waals surface area contributed by atoms with E-state index in [-0.39, 0.29) is 0 Å². The van der Waals surface area contributed by atoms with Gasteiger partial charge in [-0.15, -0.1) is 0 Å². The van der Waals surface area contributed by atoms with Crippen LogP contribution in [0.25, 0.3) is 0 Å². The van der Waals surface area contributed by atoms with Gasteiger partial charge >= 0.3 is 0 Å². The number of rotatable bonds is 6. The number of nitrogens with one attached hydrogen (secondary N) is 1. The van der Waals surface area contributed by atoms with E-state index >= 15 is 0 Å². The van der Waals surface area contributed by atoms with Crippen LogP contribution in [0.1, 0.15) is 31.4 Å². The molecule has 1 aliphatic rings. The summed E-state index contributed by atoms with van der Waals surface area (Å²) in [5, 5.41) is 13.3. The van der Waals surface area contributed by atoms with Gasteiger partial charge in [-0.3, -0.25) is 0 Å². The highest BCUT2D eigenvalue weighted by molar-refractivity contribution is 5.44. The van der Waals surface area contributed by atoms with Crippen molar-refractivity contribution in [3.8, 4) is 11.5 Å². The molecule has 0 aliphatic carbocycles. The van der Waals surface area contributed by atoms with Crippen molar-refractivity contribution in [3.05, 3.63) is 23.8 Å². The molecule has 0 saturated carbocycles. The summed E-state index contributed by atoms with van der Waals surface area (Å²) in [6.45, 7) is 4.82. The zero-order valence-electron chi connectivity index (χ0n) is 10.8. The summed E-state index contributed by atoms with van der Waals surface area (Å²) >= 11 is 0. The average Bonchev–Trinajstić information content (AvgIpc) is 2.43. The van der Waals surface area contributed by atoms with Gasteiger partial charge in [0.05, 0.1) is 6.10 Å². The number of aliphatic hydroxyl groups excluding tert-OH is 1. The number of benzene rings is 1. The molecule has 18 heavy (non-hydrogen) atoms. The van der Waals surface area contributed by atoms with Crippen LogP contribution in [-0.2, 0) is 0 Å². The first-order valence-electron chi connectivity index (χ1n) is 6.59. The Morgan fingerprint density at radius 1 is 1.28 bits per heavy atom. The standard InChI is InChI=1S/C14H21NO3/c1-2-3-6-15-10-12(16)11-4-5-13-14(9-11)18-8-7-17-13/h4-5,9,12,15-16H,2-3,6-8,10H2,1H3. The predicted molar refractivity (Wildman–Crippen MR) is 70.2 cm³/mol. The molecule has 2 rings (SSSR count). The van der Waals surface area contributed by atoms with E-state index in [0.29, 0.717) is 19.8 Å². The van der Waals surface area contributed by atoms with Crippen molar-refractivity contribution >= 4 is 0 Å². The van der Waals surface area contributed by atoms with E-state index < -0.39 is 6.10 Å². The zero-order chi connectivity index (χ0) is 12.8. The number of fused-ring (bicyclic) bond motifs is 1. The molecule has 0 aromatic heterocycles. The molecule has 0 amide bonds. The van der Waals surface area contributed by atoms with Crippen molar-refractivity contribution in [1.82, 2.24) is 5.32 Å².